The van der Waals surface area contributed by atoms with E-state index in [2.05, 4.69) is 24.5 Å². The number of carbonyl (C=O) groups is 3. The second-order valence-electron chi connectivity index (χ2n) is 8.27. The number of rotatable bonds is 7. The molecule has 0 aliphatic carbocycles. The molecule has 8 heteroatoms. The Hall–Kier alpha value is -4.10. The van der Waals surface area contributed by atoms with E-state index in [1.807, 2.05) is 12.1 Å². The predicted molar refractivity (Wildman–Crippen MR) is 137 cm³/mol. The zero-order chi connectivity index (χ0) is 25.1. The van der Waals surface area contributed by atoms with E-state index < -0.39 is 11.8 Å². The number of hydrogen-bond donors (Lipinski definition) is 2. The van der Waals surface area contributed by atoms with Gasteiger partial charge in [-0.05, 0) is 66.1 Å². The molecule has 0 radical (unpaired) electrons. The molecule has 35 heavy (non-hydrogen) atoms. The van der Waals surface area contributed by atoms with Gasteiger partial charge in [-0.3, -0.25) is 14.4 Å². The fourth-order valence-electron chi connectivity index (χ4n) is 3.61. The van der Waals surface area contributed by atoms with Crippen LogP contribution in [0.2, 0.25) is 0 Å². The van der Waals surface area contributed by atoms with E-state index in [1.165, 1.54) is 0 Å². The van der Waals surface area contributed by atoms with Gasteiger partial charge in [-0.25, -0.2) is 4.90 Å². The van der Waals surface area contributed by atoms with Gasteiger partial charge < -0.3 is 15.4 Å². The van der Waals surface area contributed by atoms with Crippen molar-refractivity contribution in [2.24, 2.45) is 0 Å². The Morgan fingerprint density at radius 2 is 1.60 bits per heavy atom. The summed E-state index contributed by atoms with van der Waals surface area (Å²) >= 11 is 6.25. The van der Waals surface area contributed by atoms with Gasteiger partial charge in [-0.15, -0.1) is 0 Å². The van der Waals surface area contributed by atoms with E-state index in [-0.39, 0.29) is 16.6 Å². The number of amides is 3. The largest absolute Gasteiger partial charge is 0.497 e. The van der Waals surface area contributed by atoms with Gasteiger partial charge in [0.15, 0.2) is 0 Å². The van der Waals surface area contributed by atoms with E-state index in [4.69, 9.17) is 16.3 Å². The molecule has 0 spiro atoms. The van der Waals surface area contributed by atoms with Crippen LogP contribution in [0.3, 0.4) is 0 Å². The molecule has 4 rings (SSSR count). The molecule has 3 amide bonds. The van der Waals surface area contributed by atoms with Crippen molar-refractivity contribution in [2.75, 3.05) is 22.6 Å². The summed E-state index contributed by atoms with van der Waals surface area (Å²) in [7, 11) is 1.57. The second kappa shape index (κ2) is 10.0. The zero-order valence-electron chi connectivity index (χ0n) is 19.5. The summed E-state index contributed by atoms with van der Waals surface area (Å²) in [5.41, 5.74) is 2.90. The standard InChI is InChI=1S/C27H24ClN3O4/c1-16(2)17-7-11-21(12-8-17)31-26(33)23(28)24(27(31)34)29-20-6-4-5-18(15-20)25(32)30-19-9-13-22(35-3)14-10-19/h4-16,29H,1-3H3,(H,30,32). The molecule has 0 bridgehead atoms. The maximum Gasteiger partial charge on any atom is 0.283 e. The molecule has 0 atom stereocenters. The Balaban J connectivity index is 1.50. The quantitative estimate of drug-likeness (QED) is 0.427. The number of imide groups is 1. The molecule has 3 aromatic rings. The number of nitrogens with zero attached hydrogens (tertiary/aromatic N) is 1. The van der Waals surface area contributed by atoms with Crippen LogP contribution in [-0.4, -0.2) is 24.8 Å². The summed E-state index contributed by atoms with van der Waals surface area (Å²) in [5, 5.41) is 5.51. The van der Waals surface area contributed by atoms with Gasteiger partial charge in [0.05, 0.1) is 12.8 Å². The highest BCUT2D eigenvalue weighted by molar-refractivity contribution is 6.53. The minimum absolute atomic E-state index is 0.0442. The Morgan fingerprint density at radius 1 is 0.914 bits per heavy atom. The van der Waals surface area contributed by atoms with Crippen LogP contribution >= 0.6 is 11.6 Å². The van der Waals surface area contributed by atoms with Crippen LogP contribution in [0.25, 0.3) is 0 Å². The lowest BCUT2D eigenvalue weighted by molar-refractivity contribution is -0.120. The lowest BCUT2D eigenvalue weighted by Gasteiger charge is -2.16. The van der Waals surface area contributed by atoms with Gasteiger partial charge in [0.25, 0.3) is 17.7 Å². The van der Waals surface area contributed by atoms with Crippen LogP contribution in [0.4, 0.5) is 17.1 Å². The number of carbonyl (C=O) groups excluding carboxylic acids is 3. The number of hydrogen-bond acceptors (Lipinski definition) is 5. The van der Waals surface area contributed by atoms with Crippen molar-refractivity contribution < 1.29 is 19.1 Å². The molecular weight excluding hydrogens is 466 g/mol. The summed E-state index contributed by atoms with van der Waals surface area (Å²) < 4.78 is 5.12. The summed E-state index contributed by atoms with van der Waals surface area (Å²) in [5.74, 6) is -0.503. The maximum absolute atomic E-state index is 13.1. The van der Waals surface area contributed by atoms with E-state index in [0.29, 0.717) is 34.3 Å². The fraction of sp³-hybridized carbons (Fsp3) is 0.148. The number of nitrogens with one attached hydrogen (secondary N) is 2. The molecule has 7 nitrogen and oxygen atoms in total. The minimum atomic E-state index is -0.607. The van der Waals surface area contributed by atoms with Crippen molar-refractivity contribution in [3.63, 3.8) is 0 Å². The molecule has 0 saturated carbocycles. The van der Waals surface area contributed by atoms with Gasteiger partial charge in [0.1, 0.15) is 16.5 Å². The Labute approximate surface area is 208 Å². The zero-order valence-corrected chi connectivity index (χ0v) is 20.2. The number of benzene rings is 3. The van der Waals surface area contributed by atoms with E-state index in [1.54, 1.807) is 67.8 Å². The first-order valence-corrected chi connectivity index (χ1v) is 11.4. The average Bonchev–Trinajstić information content (AvgIpc) is 3.07. The van der Waals surface area contributed by atoms with Crippen LogP contribution in [0.1, 0.15) is 35.7 Å². The van der Waals surface area contributed by atoms with Crippen molar-refractivity contribution in [1.29, 1.82) is 0 Å². The number of methoxy groups -OCH3 is 1. The van der Waals surface area contributed by atoms with E-state index in [0.717, 1.165) is 10.5 Å². The Morgan fingerprint density at radius 3 is 2.23 bits per heavy atom. The van der Waals surface area contributed by atoms with Crippen LogP contribution in [0.5, 0.6) is 5.75 Å². The average molecular weight is 490 g/mol. The van der Waals surface area contributed by atoms with Crippen LogP contribution in [0.15, 0.2) is 83.5 Å². The minimum Gasteiger partial charge on any atom is -0.497 e. The van der Waals surface area contributed by atoms with E-state index in [9.17, 15) is 14.4 Å². The van der Waals surface area contributed by atoms with Crippen molar-refractivity contribution >= 4 is 46.4 Å². The third-order valence-corrected chi connectivity index (χ3v) is 5.94. The van der Waals surface area contributed by atoms with Gasteiger partial charge >= 0.3 is 0 Å². The number of anilines is 3. The van der Waals surface area contributed by atoms with E-state index >= 15 is 0 Å². The molecular formula is C27H24ClN3O4. The Kier molecular flexibility index (Phi) is 6.89. The first kappa shape index (κ1) is 24.0. The molecule has 3 aromatic carbocycles. The maximum atomic E-state index is 13.1. The van der Waals surface area contributed by atoms with Crippen LogP contribution < -0.4 is 20.3 Å². The first-order valence-electron chi connectivity index (χ1n) is 11.0. The molecule has 0 saturated heterocycles. The van der Waals surface area contributed by atoms with Crippen molar-refractivity contribution in [3.8, 4) is 5.75 Å². The monoisotopic (exact) mass is 489 g/mol. The highest BCUT2D eigenvalue weighted by atomic mass is 35.5. The molecule has 0 aromatic heterocycles. The fourth-order valence-corrected chi connectivity index (χ4v) is 3.83. The van der Waals surface area contributed by atoms with Gasteiger partial charge in [0, 0.05) is 16.9 Å². The van der Waals surface area contributed by atoms with Crippen molar-refractivity contribution in [3.05, 3.63) is 94.7 Å². The summed E-state index contributed by atoms with van der Waals surface area (Å²) in [6.45, 7) is 4.13. The number of halogens is 1. The lowest BCUT2D eigenvalue weighted by atomic mass is 10.0. The molecule has 1 aliphatic rings. The highest BCUT2D eigenvalue weighted by Gasteiger charge is 2.39. The van der Waals surface area contributed by atoms with Crippen molar-refractivity contribution in [2.45, 2.75) is 19.8 Å². The SMILES string of the molecule is COc1ccc(NC(=O)c2cccc(NC3=C(Cl)C(=O)N(c4ccc(C(C)C)cc4)C3=O)c2)cc1. The second-order valence-corrected chi connectivity index (χ2v) is 8.65. The summed E-state index contributed by atoms with van der Waals surface area (Å²) in [4.78, 5) is 39.6. The first-order chi connectivity index (χ1) is 16.8. The summed E-state index contributed by atoms with van der Waals surface area (Å²) in [6.07, 6.45) is 0. The van der Waals surface area contributed by atoms with Crippen LogP contribution in [-0.2, 0) is 9.59 Å². The Bertz CT molecular complexity index is 1320. The summed E-state index contributed by atoms with van der Waals surface area (Å²) in [6, 6.07) is 20.7. The third-order valence-electron chi connectivity index (χ3n) is 5.59. The molecule has 0 fully saturated rings. The molecule has 1 heterocycles. The normalized spacial score (nSPS) is 13.5. The van der Waals surface area contributed by atoms with Crippen molar-refractivity contribution in [1.82, 2.24) is 0 Å². The molecule has 0 unspecified atom stereocenters. The molecule has 2 N–H and O–H groups in total. The predicted octanol–water partition coefficient (Wildman–Crippen LogP) is 5.51. The third kappa shape index (κ3) is 5.05. The number of ether oxygens (including phenoxy) is 1. The highest BCUT2D eigenvalue weighted by Crippen LogP contribution is 2.31. The lowest BCUT2D eigenvalue weighted by Crippen LogP contribution is -2.32. The van der Waals surface area contributed by atoms with Crippen LogP contribution in [0, 0.1) is 0 Å². The molecule has 1 aliphatic heterocycles. The van der Waals surface area contributed by atoms with Gasteiger partial charge in [-0.2, -0.15) is 0 Å². The van der Waals surface area contributed by atoms with Gasteiger partial charge in [0.2, 0.25) is 0 Å². The smallest absolute Gasteiger partial charge is 0.283 e. The topological polar surface area (TPSA) is 87.7 Å². The molecule has 178 valence electrons. The van der Waals surface area contributed by atoms with Gasteiger partial charge in [-0.1, -0.05) is 43.6 Å².